The average molecular weight is 344 g/mol. The minimum absolute atomic E-state index is 0.123. The Morgan fingerprint density at radius 2 is 2.16 bits per heavy atom. The fourth-order valence-electron chi connectivity index (χ4n) is 3.76. The van der Waals surface area contributed by atoms with Crippen LogP contribution in [-0.2, 0) is 14.4 Å². The van der Waals surface area contributed by atoms with Gasteiger partial charge in [-0.05, 0) is 12.1 Å². The van der Waals surface area contributed by atoms with Gasteiger partial charge in [0.15, 0.2) is 0 Å². The molecule has 130 valence electrons. The number of benzene rings is 1. The van der Waals surface area contributed by atoms with Crippen molar-refractivity contribution in [3.63, 3.8) is 0 Å². The van der Waals surface area contributed by atoms with Crippen molar-refractivity contribution in [2.45, 2.75) is 31.7 Å². The van der Waals surface area contributed by atoms with Crippen molar-refractivity contribution in [3.8, 4) is 5.75 Å². The van der Waals surface area contributed by atoms with E-state index < -0.39 is 17.8 Å². The van der Waals surface area contributed by atoms with Gasteiger partial charge in [-0.25, -0.2) is 9.90 Å². The summed E-state index contributed by atoms with van der Waals surface area (Å²) in [6, 6.07) is 2.23. The van der Waals surface area contributed by atoms with Gasteiger partial charge in [-0.15, -0.1) is 0 Å². The number of hydrogen-bond acceptors (Lipinski definition) is 7. The van der Waals surface area contributed by atoms with Crippen molar-refractivity contribution in [1.29, 1.82) is 0 Å². The second-order valence-corrected chi connectivity index (χ2v) is 6.39. The normalized spacial score (nSPS) is 28.8. The zero-order valence-corrected chi connectivity index (χ0v) is 13.7. The van der Waals surface area contributed by atoms with Gasteiger partial charge in [0.25, 0.3) is 0 Å². The van der Waals surface area contributed by atoms with E-state index in [4.69, 9.17) is 9.57 Å². The molecular formula is C17H16N2O6. The van der Waals surface area contributed by atoms with Gasteiger partial charge in [-0.1, -0.05) is 6.58 Å². The molecule has 0 aromatic heterocycles. The van der Waals surface area contributed by atoms with E-state index in [1.807, 2.05) is 0 Å². The number of aldehydes is 1. The van der Waals surface area contributed by atoms with E-state index in [0.717, 1.165) is 0 Å². The molecule has 1 amide bonds. The summed E-state index contributed by atoms with van der Waals surface area (Å²) in [7, 11) is 0. The fraction of sp³-hybridized carbons (Fsp3) is 0.353. The average Bonchev–Trinajstić information content (AvgIpc) is 3.27. The van der Waals surface area contributed by atoms with Crippen LogP contribution in [0.5, 0.6) is 5.75 Å². The largest absolute Gasteiger partial charge is 0.426 e. The van der Waals surface area contributed by atoms with Gasteiger partial charge < -0.3 is 14.7 Å². The Morgan fingerprint density at radius 1 is 1.44 bits per heavy atom. The Labute approximate surface area is 143 Å². The molecule has 0 radical (unpaired) electrons. The maximum atomic E-state index is 11.8. The number of hydrogen-bond donors (Lipinski definition) is 1. The number of hydroxylamine groups is 1. The van der Waals surface area contributed by atoms with Crippen molar-refractivity contribution < 1.29 is 29.1 Å². The molecule has 25 heavy (non-hydrogen) atoms. The van der Waals surface area contributed by atoms with E-state index in [-0.39, 0.29) is 28.8 Å². The van der Waals surface area contributed by atoms with Crippen LogP contribution in [0.15, 0.2) is 18.7 Å². The second-order valence-electron chi connectivity index (χ2n) is 6.39. The number of fused-ring (bicyclic) bond motifs is 6. The molecule has 4 rings (SSSR count). The van der Waals surface area contributed by atoms with Crippen LogP contribution < -0.4 is 9.80 Å². The van der Waals surface area contributed by atoms with Crippen LogP contribution in [0.4, 0.5) is 5.69 Å². The van der Waals surface area contributed by atoms with Crippen molar-refractivity contribution in [2.24, 2.45) is 0 Å². The standard InChI is InChI=1S/C17H16N2O6/c1-8-15-12(4-11(7-20)5-14(15)24-10(3)22)18-6-13-16(17(8,23)25-18)19(13)9(2)21/h4-5,7,13,16,23H,1,6H2,2-3H3. The molecule has 3 aliphatic rings. The predicted molar refractivity (Wildman–Crippen MR) is 85.6 cm³/mol. The summed E-state index contributed by atoms with van der Waals surface area (Å²) in [5.74, 6) is -2.42. The van der Waals surface area contributed by atoms with Crippen LogP contribution in [0.1, 0.15) is 29.8 Å². The van der Waals surface area contributed by atoms with Crippen molar-refractivity contribution in [3.05, 3.63) is 29.8 Å². The van der Waals surface area contributed by atoms with Gasteiger partial charge in [0.2, 0.25) is 11.7 Å². The van der Waals surface area contributed by atoms with Crippen LogP contribution in [0.3, 0.4) is 0 Å². The third-order valence-corrected chi connectivity index (χ3v) is 4.79. The highest BCUT2D eigenvalue weighted by Gasteiger charge is 2.69. The monoisotopic (exact) mass is 344 g/mol. The number of esters is 1. The summed E-state index contributed by atoms with van der Waals surface area (Å²) in [5, 5.41) is 12.5. The summed E-state index contributed by atoms with van der Waals surface area (Å²) in [4.78, 5) is 41.7. The van der Waals surface area contributed by atoms with Crippen molar-refractivity contribution in [2.75, 3.05) is 11.6 Å². The number of amides is 1. The van der Waals surface area contributed by atoms with Gasteiger partial charge in [0.1, 0.15) is 18.1 Å². The lowest BCUT2D eigenvalue weighted by atomic mass is 9.88. The third-order valence-electron chi connectivity index (χ3n) is 4.79. The van der Waals surface area contributed by atoms with Gasteiger partial charge in [-0.3, -0.25) is 14.4 Å². The first-order valence-corrected chi connectivity index (χ1v) is 7.77. The summed E-state index contributed by atoms with van der Waals surface area (Å²) in [6.45, 7) is 6.92. The van der Waals surface area contributed by atoms with Crippen LogP contribution in [0.2, 0.25) is 0 Å². The maximum Gasteiger partial charge on any atom is 0.308 e. The molecular weight excluding hydrogens is 328 g/mol. The van der Waals surface area contributed by atoms with E-state index in [1.165, 1.54) is 29.9 Å². The molecule has 3 aliphatic heterocycles. The molecule has 2 fully saturated rings. The number of aliphatic hydroxyl groups is 1. The summed E-state index contributed by atoms with van der Waals surface area (Å²) < 4.78 is 5.23. The molecule has 0 spiro atoms. The van der Waals surface area contributed by atoms with Gasteiger partial charge in [0.05, 0.1) is 23.8 Å². The Hall–Kier alpha value is -2.71. The highest BCUT2D eigenvalue weighted by Crippen LogP contribution is 2.55. The first-order chi connectivity index (χ1) is 11.8. The Balaban J connectivity index is 1.88. The fourth-order valence-corrected chi connectivity index (χ4v) is 3.76. The summed E-state index contributed by atoms with van der Waals surface area (Å²) in [5.41, 5.74) is 1.33. The lowest BCUT2D eigenvalue weighted by molar-refractivity contribution is -0.186. The Morgan fingerprint density at radius 3 is 2.76 bits per heavy atom. The molecule has 0 aliphatic carbocycles. The molecule has 1 aromatic carbocycles. The van der Waals surface area contributed by atoms with E-state index in [2.05, 4.69) is 6.58 Å². The smallest absolute Gasteiger partial charge is 0.308 e. The lowest BCUT2D eigenvalue weighted by Crippen LogP contribution is -2.55. The molecule has 3 heterocycles. The minimum Gasteiger partial charge on any atom is -0.426 e. The molecule has 1 aromatic rings. The van der Waals surface area contributed by atoms with Crippen LogP contribution in [0.25, 0.3) is 5.57 Å². The number of anilines is 1. The summed E-state index contributed by atoms with van der Waals surface area (Å²) >= 11 is 0. The van der Waals surface area contributed by atoms with E-state index in [0.29, 0.717) is 24.1 Å². The van der Waals surface area contributed by atoms with Crippen LogP contribution >= 0.6 is 0 Å². The summed E-state index contributed by atoms with van der Waals surface area (Å²) in [6.07, 6.45) is 0.628. The number of carbonyl (C=O) groups is 3. The zero-order valence-electron chi connectivity index (χ0n) is 13.7. The molecule has 8 heteroatoms. The molecule has 0 saturated carbocycles. The minimum atomic E-state index is -1.81. The van der Waals surface area contributed by atoms with Gasteiger partial charge >= 0.3 is 5.97 Å². The van der Waals surface area contributed by atoms with Crippen LogP contribution in [0, 0.1) is 0 Å². The maximum absolute atomic E-state index is 11.8. The zero-order chi connectivity index (χ0) is 18.1. The molecule has 8 nitrogen and oxygen atoms in total. The number of nitrogens with zero attached hydrogens (tertiary/aromatic N) is 2. The first kappa shape index (κ1) is 15.8. The topological polar surface area (TPSA) is 96.2 Å². The van der Waals surface area contributed by atoms with Gasteiger partial charge in [-0.2, -0.15) is 0 Å². The second kappa shape index (κ2) is 4.90. The molecule has 2 bridgehead atoms. The molecule has 3 atom stereocenters. The van der Waals surface area contributed by atoms with E-state index in [1.54, 1.807) is 6.07 Å². The lowest BCUT2D eigenvalue weighted by Gasteiger charge is -2.44. The molecule has 3 unspecified atom stereocenters. The van der Waals surface area contributed by atoms with Crippen molar-refractivity contribution in [1.82, 2.24) is 4.90 Å². The van der Waals surface area contributed by atoms with Crippen LogP contribution in [-0.4, -0.2) is 52.6 Å². The molecule has 2 saturated heterocycles. The third kappa shape index (κ3) is 2.04. The Kier molecular flexibility index (Phi) is 3.10. The SMILES string of the molecule is C=C1c2c(OC(C)=O)cc(C=O)cc2N2CC3C(N3C(C)=O)C1(O)O2. The number of carbonyl (C=O) groups excluding carboxylic acids is 3. The van der Waals surface area contributed by atoms with E-state index >= 15 is 0 Å². The first-order valence-electron chi connectivity index (χ1n) is 7.77. The van der Waals surface area contributed by atoms with Crippen molar-refractivity contribution >= 4 is 29.4 Å². The molecule has 1 N–H and O–H groups in total. The highest BCUT2D eigenvalue weighted by atomic mass is 16.8. The quantitative estimate of drug-likeness (QED) is 0.361. The number of ether oxygens (including phenoxy) is 1. The number of rotatable bonds is 2. The van der Waals surface area contributed by atoms with E-state index in [9.17, 15) is 19.5 Å². The van der Waals surface area contributed by atoms with Gasteiger partial charge in [0, 0.05) is 25.0 Å². The highest BCUT2D eigenvalue weighted by molar-refractivity contribution is 5.92. The Bertz CT molecular complexity index is 850. The predicted octanol–water partition coefficient (Wildman–Crippen LogP) is 0.491.